The molecule has 0 radical (unpaired) electrons. The van der Waals surface area contributed by atoms with Gasteiger partial charge in [-0.05, 0) is 11.6 Å². The number of carbonyl (C=O) groups is 1. The van der Waals surface area contributed by atoms with E-state index in [0.717, 1.165) is 12.3 Å². The van der Waals surface area contributed by atoms with Crippen molar-refractivity contribution in [3.05, 3.63) is 48.2 Å². The van der Waals surface area contributed by atoms with Crippen molar-refractivity contribution in [1.29, 1.82) is 0 Å². The van der Waals surface area contributed by atoms with E-state index in [1.54, 1.807) is 6.07 Å². The molecule has 3 N–H and O–H groups in total. The molecule has 0 saturated carbocycles. The van der Waals surface area contributed by atoms with Crippen LogP contribution in [0.5, 0.6) is 0 Å². The molecule has 1 aromatic rings. The number of aliphatic hydroxyl groups is 3. The van der Waals surface area contributed by atoms with Gasteiger partial charge in [0.1, 0.15) is 12.3 Å². The molecule has 1 unspecified atom stereocenters. The Bertz CT molecular complexity index is 653. The molecule has 0 bridgehead atoms. The Balaban J connectivity index is 1.93. The first-order chi connectivity index (χ1) is 11.3. The molecule has 2 aliphatic heterocycles. The minimum Gasteiger partial charge on any atom is -0.394 e. The molecule has 2 aliphatic rings. The van der Waals surface area contributed by atoms with Crippen LogP contribution < -0.4 is 0 Å². The van der Waals surface area contributed by atoms with Crippen LogP contribution in [0.1, 0.15) is 12.0 Å². The summed E-state index contributed by atoms with van der Waals surface area (Å²) in [6.45, 7) is -0.492. The minimum absolute atomic E-state index is 0.110. The Morgan fingerprint density at radius 1 is 1.29 bits per heavy atom. The van der Waals surface area contributed by atoms with E-state index in [0.29, 0.717) is 4.90 Å². The van der Waals surface area contributed by atoms with Crippen LogP contribution in [-0.2, 0) is 15.1 Å². The predicted octanol–water partition coefficient (Wildman–Crippen LogP) is 0.334. The molecular formula is C16H17F2NO5. The normalized spacial score (nSPS) is 35.5. The third-order valence-electron chi connectivity index (χ3n) is 4.37. The molecule has 8 heteroatoms. The lowest BCUT2D eigenvalue weighted by Crippen LogP contribution is -2.59. The van der Waals surface area contributed by atoms with E-state index in [2.05, 4.69) is 0 Å². The second-order valence-corrected chi connectivity index (χ2v) is 5.85. The lowest BCUT2D eigenvalue weighted by atomic mass is 9.84. The molecule has 1 amide bonds. The molecule has 3 rings (SSSR count). The van der Waals surface area contributed by atoms with Crippen LogP contribution in [0, 0.1) is 0 Å². The molecule has 4 atom stereocenters. The average molecular weight is 341 g/mol. The van der Waals surface area contributed by atoms with Gasteiger partial charge in [-0.3, -0.25) is 9.69 Å². The van der Waals surface area contributed by atoms with Crippen LogP contribution in [0.3, 0.4) is 0 Å². The predicted molar refractivity (Wildman–Crippen MR) is 77.6 cm³/mol. The Labute approximate surface area is 136 Å². The molecule has 24 heavy (non-hydrogen) atoms. The van der Waals surface area contributed by atoms with E-state index in [1.807, 2.05) is 0 Å². The van der Waals surface area contributed by atoms with Crippen LogP contribution in [0.2, 0.25) is 0 Å². The van der Waals surface area contributed by atoms with Crippen LogP contribution >= 0.6 is 0 Å². The van der Waals surface area contributed by atoms with E-state index in [-0.39, 0.29) is 12.0 Å². The van der Waals surface area contributed by atoms with Crippen LogP contribution in [0.15, 0.2) is 42.6 Å². The van der Waals surface area contributed by atoms with Gasteiger partial charge in [-0.2, -0.15) is 8.78 Å². The second-order valence-electron chi connectivity index (χ2n) is 5.85. The average Bonchev–Trinajstić information content (AvgIpc) is 2.94. The summed E-state index contributed by atoms with van der Waals surface area (Å²) in [5.74, 6) is -5.75. The quantitative estimate of drug-likeness (QED) is 0.737. The fraction of sp³-hybridized carbons (Fsp3) is 0.438. The maximum absolute atomic E-state index is 14.7. The number of amides is 1. The highest BCUT2D eigenvalue weighted by molar-refractivity contribution is 5.88. The first-order valence-electron chi connectivity index (χ1n) is 7.43. The van der Waals surface area contributed by atoms with Crippen LogP contribution in [-0.4, -0.2) is 57.1 Å². The van der Waals surface area contributed by atoms with Crippen molar-refractivity contribution in [3.8, 4) is 0 Å². The van der Waals surface area contributed by atoms with Crippen molar-refractivity contribution in [2.75, 3.05) is 6.61 Å². The van der Waals surface area contributed by atoms with Crippen molar-refractivity contribution in [1.82, 2.24) is 4.90 Å². The summed E-state index contributed by atoms with van der Waals surface area (Å²) in [6.07, 6.45) is -1.38. The molecule has 1 saturated heterocycles. The van der Waals surface area contributed by atoms with Crippen molar-refractivity contribution in [3.63, 3.8) is 0 Å². The van der Waals surface area contributed by atoms with Crippen LogP contribution in [0.4, 0.5) is 8.78 Å². The van der Waals surface area contributed by atoms with Gasteiger partial charge < -0.3 is 20.1 Å². The summed E-state index contributed by atoms with van der Waals surface area (Å²) in [5.41, 5.74) is -2.88. The third kappa shape index (κ3) is 2.42. The summed E-state index contributed by atoms with van der Waals surface area (Å²) in [6, 6.07) is 7.18. The number of ether oxygens (including phenoxy) is 1. The summed E-state index contributed by atoms with van der Waals surface area (Å²) in [4.78, 5) is 12.9. The van der Waals surface area contributed by atoms with E-state index < -0.39 is 42.5 Å². The molecule has 0 aromatic heterocycles. The highest BCUT2D eigenvalue weighted by atomic mass is 19.3. The van der Waals surface area contributed by atoms with E-state index in [1.165, 1.54) is 24.3 Å². The number of benzene rings is 1. The van der Waals surface area contributed by atoms with E-state index >= 15 is 0 Å². The van der Waals surface area contributed by atoms with Gasteiger partial charge in [0.2, 0.25) is 0 Å². The number of aliphatic hydroxyl groups excluding tert-OH is 2. The topological polar surface area (TPSA) is 90.2 Å². The zero-order valence-corrected chi connectivity index (χ0v) is 12.5. The SMILES string of the molecule is O=C1N([C@H]2C[C@H](O)[C@@H](CO)O2)C=CC(O)(c2ccccc2)C1(F)F. The van der Waals surface area contributed by atoms with Gasteiger partial charge in [-0.15, -0.1) is 0 Å². The molecule has 130 valence electrons. The first-order valence-corrected chi connectivity index (χ1v) is 7.43. The molecule has 1 aromatic carbocycles. The maximum atomic E-state index is 14.7. The van der Waals surface area contributed by atoms with Gasteiger partial charge in [0, 0.05) is 12.6 Å². The van der Waals surface area contributed by atoms with Gasteiger partial charge in [-0.25, -0.2) is 0 Å². The molecule has 1 fully saturated rings. The van der Waals surface area contributed by atoms with Gasteiger partial charge >= 0.3 is 11.8 Å². The third-order valence-corrected chi connectivity index (χ3v) is 4.37. The highest BCUT2D eigenvalue weighted by Crippen LogP contribution is 2.44. The minimum atomic E-state index is -4.12. The molecular weight excluding hydrogens is 324 g/mol. The fourth-order valence-electron chi connectivity index (χ4n) is 2.93. The highest BCUT2D eigenvalue weighted by Gasteiger charge is 2.62. The fourth-order valence-corrected chi connectivity index (χ4v) is 2.93. The molecule has 0 spiro atoms. The standard InChI is InChI=1S/C16H17F2NO5/c17-16(18)14(22)19(13-8-11(21)12(9-20)24-13)7-6-15(16,23)10-4-2-1-3-5-10/h1-7,11-13,20-21,23H,8-9H2/t11-,12+,13+,15?/m0/s1. The van der Waals surface area contributed by atoms with Crippen LogP contribution in [0.25, 0.3) is 0 Å². The summed E-state index contributed by atoms with van der Waals surface area (Å²) >= 11 is 0. The lowest BCUT2D eigenvalue weighted by molar-refractivity contribution is -0.204. The monoisotopic (exact) mass is 341 g/mol. The number of alkyl halides is 2. The van der Waals surface area contributed by atoms with Crippen molar-refractivity contribution in [2.45, 2.75) is 36.4 Å². The van der Waals surface area contributed by atoms with Crippen molar-refractivity contribution in [2.24, 2.45) is 0 Å². The summed E-state index contributed by atoms with van der Waals surface area (Å²) < 4.78 is 34.5. The van der Waals surface area contributed by atoms with Crippen molar-refractivity contribution >= 4 is 5.91 Å². The Morgan fingerprint density at radius 3 is 2.54 bits per heavy atom. The Morgan fingerprint density at radius 2 is 1.96 bits per heavy atom. The zero-order chi connectivity index (χ0) is 17.5. The van der Waals surface area contributed by atoms with Gasteiger partial charge in [0.15, 0.2) is 5.60 Å². The number of hydrogen-bond donors (Lipinski definition) is 3. The molecule has 6 nitrogen and oxygen atoms in total. The Hall–Kier alpha value is -1.87. The molecule has 2 heterocycles. The number of carbonyl (C=O) groups excluding carboxylic acids is 1. The van der Waals surface area contributed by atoms with Gasteiger partial charge in [-0.1, -0.05) is 30.3 Å². The second kappa shape index (κ2) is 5.89. The zero-order valence-electron chi connectivity index (χ0n) is 12.5. The first kappa shape index (κ1) is 17.0. The number of hydrogen-bond acceptors (Lipinski definition) is 5. The van der Waals surface area contributed by atoms with Crippen molar-refractivity contribution < 1.29 is 33.6 Å². The number of rotatable bonds is 3. The summed E-state index contributed by atoms with van der Waals surface area (Å²) in [7, 11) is 0. The maximum Gasteiger partial charge on any atom is 0.360 e. The van der Waals surface area contributed by atoms with E-state index in [9.17, 15) is 23.8 Å². The molecule has 0 aliphatic carbocycles. The lowest BCUT2D eigenvalue weighted by Gasteiger charge is -2.40. The smallest absolute Gasteiger partial charge is 0.360 e. The number of nitrogens with zero attached hydrogens (tertiary/aromatic N) is 1. The largest absolute Gasteiger partial charge is 0.394 e. The summed E-state index contributed by atoms with van der Waals surface area (Å²) in [5, 5.41) is 29.2. The van der Waals surface area contributed by atoms with Gasteiger partial charge in [0.25, 0.3) is 0 Å². The Kier molecular flexibility index (Phi) is 4.16. The number of halogens is 2. The van der Waals surface area contributed by atoms with E-state index in [4.69, 9.17) is 9.84 Å². The van der Waals surface area contributed by atoms with Gasteiger partial charge in [0.05, 0.1) is 12.7 Å².